The Hall–Kier alpha value is -3.70. The maximum absolute atomic E-state index is 12.8. The molecular formula is C26H27N3O4S. The van der Waals surface area contributed by atoms with Crippen LogP contribution in [0.5, 0.6) is 0 Å². The second-order valence-electron chi connectivity index (χ2n) is 7.96. The molecule has 0 spiro atoms. The number of ether oxygens (including phenoxy) is 1. The molecule has 0 unspecified atom stereocenters. The Morgan fingerprint density at radius 2 is 2.00 bits per heavy atom. The molecular weight excluding hydrogens is 450 g/mol. The minimum Gasteiger partial charge on any atom is -0.468 e. The largest absolute Gasteiger partial charge is 0.468 e. The first kappa shape index (κ1) is 24.9. The Balaban J connectivity index is 1.85. The van der Waals surface area contributed by atoms with E-state index in [1.165, 1.54) is 24.1 Å². The smallest absolute Gasteiger partial charge is 0.337 e. The van der Waals surface area contributed by atoms with Gasteiger partial charge in [0.1, 0.15) is 12.4 Å². The van der Waals surface area contributed by atoms with Gasteiger partial charge in [-0.05, 0) is 51.0 Å². The van der Waals surface area contributed by atoms with E-state index in [2.05, 4.69) is 23.3 Å². The molecule has 0 bridgehead atoms. The van der Waals surface area contributed by atoms with E-state index in [9.17, 15) is 14.9 Å². The standard InChI is InChI=1S/C26H27N3O4S/c1-6-9-33-26(31)22-18(5)28-25(19(13-27)23(22)20-8-7-10-32-20)34-14-21(30)29-24-16(3)11-15(2)12-17(24)4/h6-8,10-12,23,28H,1,9,14H2,2-5H3,(H,29,30)/t23-/m0/s1. The van der Waals surface area contributed by atoms with E-state index >= 15 is 0 Å². The molecule has 1 aliphatic heterocycles. The van der Waals surface area contributed by atoms with Crippen LogP contribution in [0, 0.1) is 32.1 Å². The van der Waals surface area contributed by atoms with Crippen molar-refractivity contribution in [2.45, 2.75) is 33.6 Å². The molecule has 2 heterocycles. The van der Waals surface area contributed by atoms with Crippen LogP contribution in [0.4, 0.5) is 5.69 Å². The quantitative estimate of drug-likeness (QED) is 0.407. The molecule has 0 aliphatic carbocycles. The number of amides is 1. The molecule has 1 atom stereocenters. The molecule has 1 aliphatic rings. The molecule has 7 nitrogen and oxygen atoms in total. The van der Waals surface area contributed by atoms with Crippen molar-refractivity contribution in [2.75, 3.05) is 17.7 Å². The van der Waals surface area contributed by atoms with Crippen LogP contribution < -0.4 is 10.6 Å². The number of allylic oxidation sites excluding steroid dienone is 2. The Labute approximate surface area is 203 Å². The predicted molar refractivity (Wildman–Crippen MR) is 133 cm³/mol. The first-order valence-electron chi connectivity index (χ1n) is 10.7. The van der Waals surface area contributed by atoms with Crippen LogP contribution in [0.25, 0.3) is 0 Å². The Morgan fingerprint density at radius 1 is 1.29 bits per heavy atom. The number of nitrogens with one attached hydrogen (secondary N) is 2. The lowest BCUT2D eigenvalue weighted by Crippen LogP contribution is -2.29. The summed E-state index contributed by atoms with van der Waals surface area (Å²) in [5.74, 6) is -0.985. The van der Waals surface area contributed by atoms with Gasteiger partial charge in [0.15, 0.2) is 0 Å². The van der Waals surface area contributed by atoms with Gasteiger partial charge < -0.3 is 19.8 Å². The zero-order valence-electron chi connectivity index (χ0n) is 19.7. The minimum atomic E-state index is -0.745. The minimum absolute atomic E-state index is 0.0473. The Bertz CT molecular complexity index is 1200. The molecule has 0 saturated heterocycles. The number of rotatable bonds is 8. The van der Waals surface area contributed by atoms with E-state index in [0.717, 1.165) is 22.4 Å². The van der Waals surface area contributed by atoms with Crippen LogP contribution in [-0.2, 0) is 14.3 Å². The number of furan rings is 1. The van der Waals surface area contributed by atoms with Gasteiger partial charge in [0.2, 0.25) is 5.91 Å². The van der Waals surface area contributed by atoms with Crippen LogP contribution in [0.2, 0.25) is 0 Å². The third-order valence-electron chi connectivity index (χ3n) is 5.32. The number of thioether (sulfide) groups is 1. The van der Waals surface area contributed by atoms with Crippen LogP contribution >= 0.6 is 11.8 Å². The number of carbonyl (C=O) groups is 2. The molecule has 2 N–H and O–H groups in total. The number of dihydropyridines is 1. The molecule has 8 heteroatoms. The molecule has 34 heavy (non-hydrogen) atoms. The summed E-state index contributed by atoms with van der Waals surface area (Å²) in [6, 6.07) is 9.63. The predicted octanol–water partition coefficient (Wildman–Crippen LogP) is 5.00. The lowest BCUT2D eigenvalue weighted by Gasteiger charge is -2.27. The molecule has 1 aromatic carbocycles. The number of carbonyl (C=O) groups excluding carboxylic acids is 2. The molecule has 0 saturated carbocycles. The van der Waals surface area contributed by atoms with Crippen molar-refractivity contribution >= 4 is 29.3 Å². The summed E-state index contributed by atoms with van der Waals surface area (Å²) in [7, 11) is 0. The second kappa shape index (κ2) is 10.9. The Kier molecular flexibility index (Phi) is 8.03. The van der Waals surface area contributed by atoms with Crippen LogP contribution in [0.15, 0.2) is 69.5 Å². The van der Waals surface area contributed by atoms with Crippen molar-refractivity contribution < 1.29 is 18.7 Å². The van der Waals surface area contributed by atoms with Gasteiger partial charge in [-0.25, -0.2) is 4.79 Å². The van der Waals surface area contributed by atoms with Gasteiger partial charge in [0.05, 0.1) is 40.2 Å². The summed E-state index contributed by atoms with van der Waals surface area (Å²) in [6.07, 6.45) is 2.96. The number of hydrogen-bond donors (Lipinski definition) is 2. The highest BCUT2D eigenvalue weighted by atomic mass is 32.2. The topological polar surface area (TPSA) is 104 Å². The average Bonchev–Trinajstić information content (AvgIpc) is 3.32. The van der Waals surface area contributed by atoms with Crippen molar-refractivity contribution in [1.82, 2.24) is 5.32 Å². The van der Waals surface area contributed by atoms with Crippen molar-refractivity contribution in [3.05, 3.63) is 87.5 Å². The van der Waals surface area contributed by atoms with Gasteiger partial charge in [0, 0.05) is 11.4 Å². The first-order valence-corrected chi connectivity index (χ1v) is 11.7. The maximum atomic E-state index is 12.8. The third kappa shape index (κ3) is 5.43. The fraction of sp³-hybridized carbons (Fsp3) is 0.269. The summed E-state index contributed by atoms with van der Waals surface area (Å²) in [5.41, 5.74) is 5.00. The highest BCUT2D eigenvalue weighted by Crippen LogP contribution is 2.41. The van der Waals surface area contributed by atoms with Gasteiger partial charge in [-0.15, -0.1) is 0 Å². The number of nitrogens with zero attached hydrogens (tertiary/aromatic N) is 1. The molecule has 1 amide bonds. The lowest BCUT2D eigenvalue weighted by molar-refractivity contribution is -0.138. The van der Waals surface area contributed by atoms with Gasteiger partial charge in [-0.1, -0.05) is 42.1 Å². The molecule has 3 rings (SSSR count). The molecule has 0 fully saturated rings. The summed E-state index contributed by atoms with van der Waals surface area (Å²) in [6.45, 7) is 11.3. The summed E-state index contributed by atoms with van der Waals surface area (Å²) in [4.78, 5) is 25.5. The van der Waals surface area contributed by atoms with Gasteiger partial charge in [-0.3, -0.25) is 4.79 Å². The van der Waals surface area contributed by atoms with E-state index in [4.69, 9.17) is 9.15 Å². The first-order chi connectivity index (χ1) is 16.3. The van der Waals surface area contributed by atoms with Gasteiger partial charge in [-0.2, -0.15) is 5.26 Å². The lowest BCUT2D eigenvalue weighted by atomic mass is 9.86. The third-order valence-corrected chi connectivity index (χ3v) is 6.33. The maximum Gasteiger partial charge on any atom is 0.337 e. The molecule has 176 valence electrons. The van der Waals surface area contributed by atoms with Crippen molar-refractivity contribution in [3.63, 3.8) is 0 Å². The number of aryl methyl sites for hydroxylation is 3. The van der Waals surface area contributed by atoms with Crippen LogP contribution in [0.3, 0.4) is 0 Å². The van der Waals surface area contributed by atoms with Gasteiger partial charge >= 0.3 is 5.97 Å². The van der Waals surface area contributed by atoms with Crippen molar-refractivity contribution in [3.8, 4) is 6.07 Å². The summed E-state index contributed by atoms with van der Waals surface area (Å²) < 4.78 is 10.8. The zero-order chi connectivity index (χ0) is 24.8. The summed E-state index contributed by atoms with van der Waals surface area (Å²) >= 11 is 1.20. The normalized spacial score (nSPS) is 15.4. The Morgan fingerprint density at radius 3 is 2.59 bits per heavy atom. The SMILES string of the molecule is C=CCOC(=O)C1=C(C)NC(SCC(=O)Nc2c(C)cc(C)cc2C)=C(C#N)[C@H]1c1ccco1. The van der Waals surface area contributed by atoms with E-state index < -0.39 is 11.9 Å². The fourth-order valence-electron chi connectivity index (χ4n) is 3.94. The fourth-order valence-corrected chi connectivity index (χ4v) is 4.83. The molecule has 2 aromatic rings. The van der Waals surface area contributed by atoms with E-state index in [0.29, 0.717) is 16.5 Å². The zero-order valence-corrected chi connectivity index (χ0v) is 20.5. The number of hydrogen-bond acceptors (Lipinski definition) is 7. The van der Waals surface area contributed by atoms with E-state index in [1.54, 1.807) is 19.1 Å². The number of anilines is 1. The van der Waals surface area contributed by atoms with Crippen molar-refractivity contribution in [1.29, 1.82) is 5.26 Å². The van der Waals surface area contributed by atoms with Crippen molar-refractivity contribution in [2.24, 2.45) is 0 Å². The highest BCUT2D eigenvalue weighted by Gasteiger charge is 2.37. The summed E-state index contributed by atoms with van der Waals surface area (Å²) in [5, 5.41) is 16.6. The monoisotopic (exact) mass is 477 g/mol. The number of esters is 1. The number of benzene rings is 1. The van der Waals surface area contributed by atoms with E-state index in [1.807, 2.05) is 32.9 Å². The van der Waals surface area contributed by atoms with Gasteiger partial charge in [0.25, 0.3) is 0 Å². The second-order valence-corrected chi connectivity index (χ2v) is 8.95. The number of nitriles is 1. The van der Waals surface area contributed by atoms with E-state index in [-0.39, 0.29) is 29.4 Å². The average molecular weight is 478 g/mol. The highest BCUT2D eigenvalue weighted by molar-refractivity contribution is 8.03. The van der Waals surface area contributed by atoms with Crippen LogP contribution in [-0.4, -0.2) is 24.2 Å². The molecule has 1 aromatic heterocycles. The molecule has 0 radical (unpaired) electrons. The van der Waals surface area contributed by atoms with Crippen LogP contribution in [0.1, 0.15) is 35.3 Å².